The van der Waals surface area contributed by atoms with Gasteiger partial charge in [-0.3, -0.25) is 0 Å². The number of aromatic nitrogens is 2. The lowest BCUT2D eigenvalue weighted by Gasteiger charge is -2.08. The molecule has 1 aliphatic rings. The van der Waals surface area contributed by atoms with Crippen molar-refractivity contribution in [1.29, 1.82) is 5.26 Å². The Labute approximate surface area is 101 Å². The van der Waals surface area contributed by atoms with Crippen LogP contribution in [0.2, 0.25) is 0 Å². The van der Waals surface area contributed by atoms with Crippen molar-refractivity contribution in [1.82, 2.24) is 10.1 Å². The van der Waals surface area contributed by atoms with Crippen LogP contribution in [0.15, 0.2) is 4.52 Å². The molecule has 2 rings (SSSR count). The third-order valence-corrected chi connectivity index (χ3v) is 3.13. The van der Waals surface area contributed by atoms with Gasteiger partial charge in [0.25, 0.3) is 0 Å². The van der Waals surface area contributed by atoms with E-state index in [9.17, 15) is 0 Å². The summed E-state index contributed by atoms with van der Waals surface area (Å²) in [6.45, 7) is 1.99. The van der Waals surface area contributed by atoms with Crippen molar-refractivity contribution >= 4 is 0 Å². The second kappa shape index (κ2) is 5.28. The molecule has 1 aliphatic carbocycles. The molecule has 2 atom stereocenters. The molecule has 0 saturated heterocycles. The van der Waals surface area contributed by atoms with Crippen molar-refractivity contribution in [2.75, 3.05) is 7.11 Å². The highest BCUT2D eigenvalue weighted by Gasteiger charge is 2.35. The second-order valence-electron chi connectivity index (χ2n) is 4.58. The van der Waals surface area contributed by atoms with Crippen LogP contribution < -0.4 is 0 Å². The molecule has 5 nitrogen and oxygen atoms in total. The van der Waals surface area contributed by atoms with Crippen molar-refractivity contribution in [3.8, 4) is 6.07 Å². The fourth-order valence-electron chi connectivity index (χ4n) is 1.88. The number of rotatable bonds is 6. The summed E-state index contributed by atoms with van der Waals surface area (Å²) in [5, 5.41) is 12.5. The van der Waals surface area contributed by atoms with Crippen LogP contribution in [0.5, 0.6) is 0 Å². The maximum Gasteiger partial charge on any atom is 0.229 e. The molecule has 0 aliphatic heterocycles. The molecule has 1 saturated carbocycles. The van der Waals surface area contributed by atoms with E-state index in [1.807, 2.05) is 6.92 Å². The zero-order chi connectivity index (χ0) is 12.3. The van der Waals surface area contributed by atoms with E-state index in [2.05, 4.69) is 16.2 Å². The van der Waals surface area contributed by atoms with Crippen molar-refractivity contribution in [2.45, 2.75) is 44.6 Å². The van der Waals surface area contributed by atoms with Crippen molar-refractivity contribution in [3.05, 3.63) is 11.7 Å². The zero-order valence-electron chi connectivity index (χ0n) is 10.2. The first-order valence-electron chi connectivity index (χ1n) is 5.99. The van der Waals surface area contributed by atoms with Crippen LogP contribution >= 0.6 is 0 Å². The maximum atomic E-state index is 8.54. The summed E-state index contributed by atoms with van der Waals surface area (Å²) in [7, 11) is 1.68. The van der Waals surface area contributed by atoms with Gasteiger partial charge >= 0.3 is 0 Å². The van der Waals surface area contributed by atoms with E-state index in [0.29, 0.717) is 24.1 Å². The molecule has 1 fully saturated rings. The summed E-state index contributed by atoms with van der Waals surface area (Å²) < 4.78 is 10.6. The minimum atomic E-state index is -0.0318. The van der Waals surface area contributed by atoms with E-state index in [0.717, 1.165) is 6.42 Å². The van der Waals surface area contributed by atoms with Gasteiger partial charge < -0.3 is 9.26 Å². The van der Waals surface area contributed by atoms with Crippen LogP contribution in [0.1, 0.15) is 56.3 Å². The molecule has 5 heteroatoms. The molecule has 0 bridgehead atoms. The average molecular weight is 235 g/mol. The fraction of sp³-hybridized carbons (Fsp3) is 0.750. The number of hydrogen-bond donors (Lipinski definition) is 0. The Bertz CT molecular complexity index is 406. The lowest BCUT2D eigenvalue weighted by atomic mass is 10.1. The molecule has 0 radical (unpaired) electrons. The SMILES string of the molecule is COC(c1noc(C(C)CCC#N)n1)C1CC1. The van der Waals surface area contributed by atoms with Gasteiger partial charge in [-0.1, -0.05) is 12.1 Å². The molecule has 2 unspecified atom stereocenters. The molecular formula is C12H17N3O2. The van der Waals surface area contributed by atoms with Crippen LogP contribution in [0, 0.1) is 17.2 Å². The quantitative estimate of drug-likeness (QED) is 0.757. The average Bonchev–Trinajstić information content (AvgIpc) is 3.04. The summed E-state index contributed by atoms with van der Waals surface area (Å²) in [6.07, 6.45) is 3.57. The van der Waals surface area contributed by atoms with Gasteiger partial charge in [-0.15, -0.1) is 0 Å². The summed E-state index contributed by atoms with van der Waals surface area (Å²) in [5.41, 5.74) is 0. The van der Waals surface area contributed by atoms with Gasteiger partial charge in [0.1, 0.15) is 6.10 Å². The molecule has 0 N–H and O–H groups in total. The Morgan fingerprint density at radius 1 is 1.59 bits per heavy atom. The summed E-state index contributed by atoms with van der Waals surface area (Å²) in [5.74, 6) is 1.93. The fourth-order valence-corrected chi connectivity index (χ4v) is 1.88. The highest BCUT2D eigenvalue weighted by molar-refractivity contribution is 5.00. The number of nitriles is 1. The first kappa shape index (κ1) is 12.1. The van der Waals surface area contributed by atoms with Crippen LogP contribution in [0.25, 0.3) is 0 Å². The monoisotopic (exact) mass is 235 g/mol. The van der Waals surface area contributed by atoms with Gasteiger partial charge in [-0.25, -0.2) is 0 Å². The third kappa shape index (κ3) is 2.83. The lowest BCUT2D eigenvalue weighted by molar-refractivity contribution is 0.0751. The Morgan fingerprint density at radius 3 is 2.94 bits per heavy atom. The highest BCUT2D eigenvalue weighted by Crippen LogP contribution is 2.42. The Kier molecular flexibility index (Phi) is 3.75. The highest BCUT2D eigenvalue weighted by atomic mass is 16.5. The molecular weight excluding hydrogens is 218 g/mol. The molecule has 0 amide bonds. The standard InChI is InChI=1S/C12H17N3O2/c1-8(4-3-7-13)12-14-11(15-17-12)10(16-2)9-5-6-9/h8-10H,3-6H2,1-2H3. The molecule has 1 heterocycles. The number of methoxy groups -OCH3 is 1. The van der Waals surface area contributed by atoms with Gasteiger partial charge in [-0.05, 0) is 25.2 Å². The minimum Gasteiger partial charge on any atom is -0.373 e. The predicted molar refractivity (Wildman–Crippen MR) is 60.0 cm³/mol. The molecule has 92 valence electrons. The smallest absolute Gasteiger partial charge is 0.229 e. The van der Waals surface area contributed by atoms with E-state index >= 15 is 0 Å². The van der Waals surface area contributed by atoms with E-state index in [4.69, 9.17) is 14.5 Å². The topological polar surface area (TPSA) is 71.9 Å². The van der Waals surface area contributed by atoms with Crippen molar-refractivity contribution < 1.29 is 9.26 Å². The van der Waals surface area contributed by atoms with E-state index in [1.54, 1.807) is 7.11 Å². The van der Waals surface area contributed by atoms with Gasteiger partial charge in [-0.2, -0.15) is 10.2 Å². The maximum absolute atomic E-state index is 8.54. The second-order valence-corrected chi connectivity index (χ2v) is 4.58. The molecule has 1 aromatic rings. The zero-order valence-corrected chi connectivity index (χ0v) is 10.2. The van der Waals surface area contributed by atoms with E-state index in [1.165, 1.54) is 12.8 Å². The van der Waals surface area contributed by atoms with Gasteiger partial charge in [0.05, 0.1) is 6.07 Å². The van der Waals surface area contributed by atoms with Gasteiger partial charge in [0.15, 0.2) is 0 Å². The van der Waals surface area contributed by atoms with E-state index in [-0.39, 0.29) is 12.0 Å². The normalized spacial score (nSPS) is 18.6. The van der Waals surface area contributed by atoms with Crippen molar-refractivity contribution in [3.63, 3.8) is 0 Å². The van der Waals surface area contributed by atoms with E-state index < -0.39 is 0 Å². The lowest BCUT2D eigenvalue weighted by Crippen LogP contribution is -2.06. The summed E-state index contributed by atoms with van der Waals surface area (Å²) >= 11 is 0. The predicted octanol–water partition coefficient (Wildman–Crippen LogP) is 2.57. The molecule has 0 aromatic carbocycles. The first-order valence-corrected chi connectivity index (χ1v) is 5.99. The van der Waals surface area contributed by atoms with Gasteiger partial charge in [0.2, 0.25) is 11.7 Å². The third-order valence-electron chi connectivity index (χ3n) is 3.13. The largest absolute Gasteiger partial charge is 0.373 e. The number of nitrogens with zero attached hydrogens (tertiary/aromatic N) is 3. The van der Waals surface area contributed by atoms with Crippen LogP contribution in [-0.4, -0.2) is 17.3 Å². The molecule has 0 spiro atoms. The Balaban J connectivity index is 2.01. The van der Waals surface area contributed by atoms with Gasteiger partial charge in [0, 0.05) is 19.4 Å². The van der Waals surface area contributed by atoms with Crippen LogP contribution in [0.4, 0.5) is 0 Å². The minimum absolute atomic E-state index is 0.0318. The summed E-state index contributed by atoms with van der Waals surface area (Å²) in [6, 6.07) is 2.12. The van der Waals surface area contributed by atoms with Crippen molar-refractivity contribution in [2.24, 2.45) is 5.92 Å². The number of hydrogen-bond acceptors (Lipinski definition) is 5. The first-order chi connectivity index (χ1) is 8.26. The molecule has 17 heavy (non-hydrogen) atoms. The summed E-state index contributed by atoms with van der Waals surface area (Å²) in [4.78, 5) is 4.38. The Hall–Kier alpha value is -1.41. The Morgan fingerprint density at radius 2 is 2.35 bits per heavy atom. The van der Waals surface area contributed by atoms with Crippen LogP contribution in [0.3, 0.4) is 0 Å². The van der Waals surface area contributed by atoms with Crippen LogP contribution in [-0.2, 0) is 4.74 Å². The number of ether oxygens (including phenoxy) is 1. The molecule has 1 aromatic heterocycles.